The van der Waals surface area contributed by atoms with Gasteiger partial charge < -0.3 is 15.7 Å². The third-order valence-corrected chi connectivity index (χ3v) is 5.39. The molecule has 4 N–H and O–H groups in total. The molecule has 37 heavy (non-hydrogen) atoms. The molecule has 2 aromatic carbocycles. The van der Waals surface area contributed by atoms with Gasteiger partial charge in [-0.3, -0.25) is 10.1 Å². The Kier molecular flexibility index (Phi) is 8.50. The molecule has 14 heteroatoms. The van der Waals surface area contributed by atoms with E-state index in [9.17, 15) is 27.9 Å². The Bertz CT molecular complexity index is 1310. The van der Waals surface area contributed by atoms with Crippen molar-refractivity contribution in [3.8, 4) is 5.69 Å². The van der Waals surface area contributed by atoms with E-state index in [4.69, 9.17) is 17.3 Å². The van der Waals surface area contributed by atoms with Crippen molar-refractivity contribution in [2.45, 2.75) is 18.8 Å². The first kappa shape index (κ1) is 27.6. The lowest BCUT2D eigenvalue weighted by Crippen LogP contribution is -2.47. The third-order valence-electron chi connectivity index (χ3n) is 5.13. The molecule has 0 aliphatic carbocycles. The number of amides is 3. The van der Waals surface area contributed by atoms with Crippen LogP contribution in [-0.4, -0.2) is 80.0 Å². The molecule has 0 saturated heterocycles. The Balaban J connectivity index is 1.83. The smallest absolute Gasteiger partial charge is 0.381 e. The van der Waals surface area contributed by atoms with Gasteiger partial charge in [0, 0.05) is 24.7 Å². The summed E-state index contributed by atoms with van der Waals surface area (Å²) >= 11 is 5.84. The topological polar surface area (TPSA) is 129 Å². The number of hydrogen-bond acceptors (Lipinski definition) is 5. The summed E-state index contributed by atoms with van der Waals surface area (Å²) in [5.74, 6) is -0.470. The van der Waals surface area contributed by atoms with E-state index in [1.54, 1.807) is 38.4 Å². The molecule has 0 radical (unpaired) electrons. The Morgan fingerprint density at radius 1 is 1.19 bits per heavy atom. The minimum Gasteiger partial charge on any atom is -0.381 e. The summed E-state index contributed by atoms with van der Waals surface area (Å²) in [6.45, 7) is -1.42. The quantitative estimate of drug-likeness (QED) is 0.240. The number of nitrogens with two attached hydrogens (primary N) is 1. The summed E-state index contributed by atoms with van der Waals surface area (Å²) in [4.78, 5) is 30.8. The normalized spacial score (nSPS) is 13.1. The molecule has 10 nitrogen and oxygen atoms in total. The summed E-state index contributed by atoms with van der Waals surface area (Å²) < 4.78 is 41.0. The van der Waals surface area contributed by atoms with Gasteiger partial charge in [0.1, 0.15) is 19.4 Å². The highest BCUT2D eigenvalue weighted by atomic mass is 35.5. The highest BCUT2D eigenvalue weighted by molar-refractivity contribution is 6.30. The molecular formula is C23H24ClF3N7O3+. The van der Waals surface area contributed by atoms with E-state index in [0.717, 1.165) is 0 Å². The van der Waals surface area contributed by atoms with Gasteiger partial charge in [0.15, 0.2) is 11.9 Å². The second kappa shape index (κ2) is 11.4. The van der Waals surface area contributed by atoms with Crippen LogP contribution in [0.15, 0.2) is 54.9 Å². The summed E-state index contributed by atoms with van der Waals surface area (Å²) in [5, 5.41) is 16.6. The van der Waals surface area contributed by atoms with Crippen molar-refractivity contribution >= 4 is 29.4 Å². The number of hydrogen-bond donors (Lipinski definition) is 3. The number of nitrogens with zero attached hydrogens (tertiary/aromatic N) is 5. The number of aliphatic hydroxyl groups is 1. The molecule has 0 unspecified atom stereocenters. The first-order valence-corrected chi connectivity index (χ1v) is 11.2. The van der Waals surface area contributed by atoms with Crippen molar-refractivity contribution in [2.75, 3.05) is 20.6 Å². The van der Waals surface area contributed by atoms with Gasteiger partial charge in [0.2, 0.25) is 5.84 Å². The molecule has 0 fully saturated rings. The highest BCUT2D eigenvalue weighted by Gasteiger charge is 2.41. The van der Waals surface area contributed by atoms with Crippen molar-refractivity contribution in [3.05, 3.63) is 76.8 Å². The van der Waals surface area contributed by atoms with E-state index in [2.05, 4.69) is 15.4 Å². The van der Waals surface area contributed by atoms with Gasteiger partial charge in [0.25, 0.3) is 5.91 Å². The lowest BCUT2D eigenvalue weighted by atomic mass is 10.1. The molecule has 1 aromatic heterocycles. The lowest BCUT2D eigenvalue weighted by Gasteiger charge is -2.16. The number of benzene rings is 2. The maximum Gasteiger partial charge on any atom is 0.436 e. The van der Waals surface area contributed by atoms with Crippen LogP contribution in [0.4, 0.5) is 18.0 Å². The van der Waals surface area contributed by atoms with Crippen molar-refractivity contribution in [1.82, 2.24) is 25.0 Å². The number of amidine groups is 1. The number of carbonyl (C=O) groups is 2. The van der Waals surface area contributed by atoms with Gasteiger partial charge in [-0.1, -0.05) is 23.7 Å². The molecule has 3 aromatic rings. The Morgan fingerprint density at radius 2 is 1.84 bits per heavy atom. The maximum atomic E-state index is 13.0. The zero-order valence-electron chi connectivity index (χ0n) is 19.8. The van der Waals surface area contributed by atoms with Crippen LogP contribution in [0.25, 0.3) is 5.69 Å². The molecule has 3 amide bonds. The minimum absolute atomic E-state index is 0.113. The first-order chi connectivity index (χ1) is 17.4. The van der Waals surface area contributed by atoms with E-state index >= 15 is 0 Å². The third kappa shape index (κ3) is 6.83. The number of rotatable bonds is 7. The number of nitrogens with one attached hydrogen (secondary N) is 1. The van der Waals surface area contributed by atoms with Crippen LogP contribution in [0.1, 0.15) is 21.7 Å². The zero-order valence-corrected chi connectivity index (χ0v) is 20.5. The van der Waals surface area contributed by atoms with Gasteiger partial charge in [-0.15, -0.1) is 5.10 Å². The number of carbonyl (C=O) groups excluding carboxylic acids is 2. The zero-order chi connectivity index (χ0) is 27.3. The van der Waals surface area contributed by atoms with Gasteiger partial charge in [-0.25, -0.2) is 14.5 Å². The van der Waals surface area contributed by atoms with Crippen LogP contribution in [0.2, 0.25) is 5.02 Å². The van der Waals surface area contributed by atoms with E-state index in [0.29, 0.717) is 20.8 Å². The number of aromatic nitrogens is 3. The SMILES string of the molecule is CN(C)C(=O)c1ccccc1-n1cnc(CNC(=O)/[N+](C[C@H](O)C(F)(F)F)=C(\N)c2ccc(Cl)cc2)n1. The largest absolute Gasteiger partial charge is 0.436 e. The van der Waals surface area contributed by atoms with Crippen LogP contribution in [0.5, 0.6) is 0 Å². The fraction of sp³-hybridized carbons (Fsp3) is 0.261. The predicted octanol–water partition coefficient (Wildman–Crippen LogP) is 2.17. The van der Waals surface area contributed by atoms with E-state index in [1.165, 1.54) is 40.2 Å². The summed E-state index contributed by atoms with van der Waals surface area (Å²) in [6, 6.07) is 11.4. The van der Waals surface area contributed by atoms with Crippen molar-refractivity contribution < 1.29 is 32.4 Å². The lowest BCUT2D eigenvalue weighted by molar-refractivity contribution is -0.455. The number of para-hydroxylation sites is 1. The predicted molar refractivity (Wildman–Crippen MR) is 129 cm³/mol. The molecule has 0 spiro atoms. The average Bonchev–Trinajstić information content (AvgIpc) is 3.33. The average molecular weight is 539 g/mol. The van der Waals surface area contributed by atoms with Crippen LogP contribution >= 0.6 is 11.6 Å². The summed E-state index contributed by atoms with van der Waals surface area (Å²) in [7, 11) is 3.21. The molecule has 0 bridgehead atoms. The van der Waals surface area contributed by atoms with Crippen molar-refractivity contribution in [2.24, 2.45) is 5.73 Å². The van der Waals surface area contributed by atoms with Crippen LogP contribution < -0.4 is 11.1 Å². The minimum atomic E-state index is -4.98. The van der Waals surface area contributed by atoms with Gasteiger partial charge in [0.05, 0.1) is 11.3 Å². The van der Waals surface area contributed by atoms with Crippen LogP contribution in [0.3, 0.4) is 0 Å². The fourth-order valence-corrected chi connectivity index (χ4v) is 3.31. The van der Waals surface area contributed by atoms with Gasteiger partial charge in [-0.2, -0.15) is 17.7 Å². The van der Waals surface area contributed by atoms with E-state index < -0.39 is 24.9 Å². The molecular weight excluding hydrogens is 515 g/mol. The van der Waals surface area contributed by atoms with Crippen LogP contribution in [0, 0.1) is 0 Å². The molecule has 0 saturated carbocycles. The summed E-state index contributed by atoms with van der Waals surface area (Å²) in [5.41, 5.74) is 7.02. The second-order valence-electron chi connectivity index (χ2n) is 8.04. The van der Waals surface area contributed by atoms with Gasteiger partial charge in [-0.05, 0) is 36.4 Å². The van der Waals surface area contributed by atoms with Crippen molar-refractivity contribution in [3.63, 3.8) is 0 Å². The second-order valence-corrected chi connectivity index (χ2v) is 8.48. The Hall–Kier alpha value is -3.97. The van der Waals surface area contributed by atoms with E-state index in [-0.39, 0.29) is 29.7 Å². The molecule has 1 atom stereocenters. The number of urea groups is 1. The van der Waals surface area contributed by atoms with E-state index in [1.807, 2.05) is 0 Å². The molecule has 0 aliphatic rings. The Morgan fingerprint density at radius 3 is 2.46 bits per heavy atom. The standard InChI is InChI=1S/C23H23ClF3N7O3/c1-32(2)21(36)16-5-3-4-6-17(16)34-13-30-19(31-34)11-29-22(37)33(12-18(35)23(25,26)27)20(28)14-7-9-15(24)10-8-14/h3-10,13,18,28,35H,11-12H2,1-2H3,(H,29,37)/p+1/t18-/m0/s1. The number of aliphatic hydroxyl groups excluding tert-OH is 1. The van der Waals surface area contributed by atoms with Crippen LogP contribution in [-0.2, 0) is 6.54 Å². The first-order valence-electron chi connectivity index (χ1n) is 10.8. The number of halogens is 4. The van der Waals surface area contributed by atoms with Gasteiger partial charge >= 0.3 is 12.2 Å². The van der Waals surface area contributed by atoms with Crippen molar-refractivity contribution in [1.29, 1.82) is 0 Å². The molecule has 0 aliphatic heterocycles. The molecule has 3 rings (SSSR count). The molecule has 196 valence electrons. The number of alkyl halides is 3. The monoisotopic (exact) mass is 538 g/mol. The summed E-state index contributed by atoms with van der Waals surface area (Å²) in [6.07, 6.45) is -6.48. The fourth-order valence-electron chi connectivity index (χ4n) is 3.18. The Labute approximate surface area is 214 Å². The highest BCUT2D eigenvalue weighted by Crippen LogP contribution is 2.20. The molecule has 1 heterocycles. The maximum absolute atomic E-state index is 13.0.